The minimum Gasteiger partial charge on any atom is -0.493 e. The van der Waals surface area contributed by atoms with Gasteiger partial charge in [0.1, 0.15) is 11.6 Å². The Morgan fingerprint density at radius 2 is 2.14 bits per heavy atom. The van der Waals surface area contributed by atoms with Crippen molar-refractivity contribution in [3.63, 3.8) is 0 Å². The highest BCUT2D eigenvalue weighted by atomic mass is 16.5. The third kappa shape index (κ3) is 3.92. The summed E-state index contributed by atoms with van der Waals surface area (Å²) < 4.78 is 5.77. The molecule has 112 valence electrons. The summed E-state index contributed by atoms with van der Waals surface area (Å²) in [6.45, 7) is 6.34. The summed E-state index contributed by atoms with van der Waals surface area (Å²) in [5.41, 5.74) is 8.50. The van der Waals surface area contributed by atoms with Crippen molar-refractivity contribution in [2.24, 2.45) is 5.73 Å². The lowest BCUT2D eigenvalue weighted by Gasteiger charge is -2.11. The van der Waals surface area contributed by atoms with Crippen LogP contribution in [0.3, 0.4) is 0 Å². The SMILES string of the molecule is Cc1cccc(OCCc2nc(C(C)N)cc(=O)[nH]2)c1C. The van der Waals surface area contributed by atoms with Crippen LogP contribution in [0.25, 0.3) is 0 Å². The summed E-state index contributed by atoms with van der Waals surface area (Å²) in [6.07, 6.45) is 0.531. The smallest absolute Gasteiger partial charge is 0.251 e. The maximum absolute atomic E-state index is 11.6. The first-order valence-electron chi connectivity index (χ1n) is 7.02. The van der Waals surface area contributed by atoms with E-state index in [1.54, 1.807) is 6.92 Å². The van der Waals surface area contributed by atoms with Crippen molar-refractivity contribution in [3.8, 4) is 5.75 Å². The summed E-state index contributed by atoms with van der Waals surface area (Å²) in [4.78, 5) is 18.6. The number of aromatic nitrogens is 2. The lowest BCUT2D eigenvalue weighted by Crippen LogP contribution is -2.18. The van der Waals surface area contributed by atoms with E-state index in [9.17, 15) is 4.79 Å². The van der Waals surface area contributed by atoms with Gasteiger partial charge in [-0.2, -0.15) is 0 Å². The molecule has 0 radical (unpaired) electrons. The Bertz CT molecular complexity index is 677. The third-order valence-corrected chi connectivity index (χ3v) is 3.43. The van der Waals surface area contributed by atoms with Crippen LogP contribution in [-0.2, 0) is 6.42 Å². The number of H-pyrrole nitrogens is 1. The van der Waals surface area contributed by atoms with Crippen molar-refractivity contribution in [1.29, 1.82) is 0 Å². The van der Waals surface area contributed by atoms with Gasteiger partial charge < -0.3 is 15.5 Å². The number of rotatable bonds is 5. The van der Waals surface area contributed by atoms with Crippen molar-refractivity contribution >= 4 is 0 Å². The number of aryl methyl sites for hydroxylation is 1. The maximum Gasteiger partial charge on any atom is 0.251 e. The van der Waals surface area contributed by atoms with Gasteiger partial charge in [-0.1, -0.05) is 12.1 Å². The van der Waals surface area contributed by atoms with Crippen LogP contribution < -0.4 is 16.0 Å². The lowest BCUT2D eigenvalue weighted by atomic mass is 10.1. The molecule has 0 aliphatic heterocycles. The van der Waals surface area contributed by atoms with Gasteiger partial charge in [0, 0.05) is 18.5 Å². The van der Waals surface area contributed by atoms with E-state index >= 15 is 0 Å². The highest BCUT2D eigenvalue weighted by molar-refractivity contribution is 5.38. The van der Waals surface area contributed by atoms with E-state index in [4.69, 9.17) is 10.5 Å². The quantitative estimate of drug-likeness (QED) is 0.881. The molecular formula is C16H21N3O2. The van der Waals surface area contributed by atoms with Gasteiger partial charge >= 0.3 is 0 Å². The first-order valence-corrected chi connectivity index (χ1v) is 7.02. The van der Waals surface area contributed by atoms with E-state index in [1.807, 2.05) is 32.0 Å². The number of hydrogen-bond acceptors (Lipinski definition) is 4. The van der Waals surface area contributed by atoms with Crippen LogP contribution in [0, 0.1) is 13.8 Å². The second kappa shape index (κ2) is 6.54. The van der Waals surface area contributed by atoms with E-state index in [2.05, 4.69) is 9.97 Å². The molecule has 1 atom stereocenters. The largest absolute Gasteiger partial charge is 0.493 e. The molecule has 0 saturated heterocycles. The van der Waals surface area contributed by atoms with Gasteiger partial charge in [-0.25, -0.2) is 4.98 Å². The van der Waals surface area contributed by atoms with Crippen molar-refractivity contribution < 1.29 is 4.74 Å². The second-order valence-electron chi connectivity index (χ2n) is 5.20. The number of hydrogen-bond donors (Lipinski definition) is 2. The normalized spacial score (nSPS) is 12.2. The first-order chi connectivity index (χ1) is 9.97. The van der Waals surface area contributed by atoms with Gasteiger partial charge in [-0.15, -0.1) is 0 Å². The molecule has 1 unspecified atom stereocenters. The molecule has 1 heterocycles. The van der Waals surface area contributed by atoms with E-state index in [1.165, 1.54) is 11.6 Å². The summed E-state index contributed by atoms with van der Waals surface area (Å²) in [5.74, 6) is 1.46. The average Bonchev–Trinajstić information content (AvgIpc) is 2.43. The fourth-order valence-electron chi connectivity index (χ4n) is 2.02. The topological polar surface area (TPSA) is 81.0 Å². The lowest BCUT2D eigenvalue weighted by molar-refractivity contribution is 0.316. The van der Waals surface area contributed by atoms with Crippen molar-refractivity contribution in [2.45, 2.75) is 33.2 Å². The number of nitrogens with one attached hydrogen (secondary N) is 1. The Labute approximate surface area is 124 Å². The zero-order valence-corrected chi connectivity index (χ0v) is 12.6. The molecule has 0 amide bonds. The molecule has 5 heteroatoms. The Hall–Kier alpha value is -2.14. The van der Waals surface area contributed by atoms with Crippen LogP contribution in [0.1, 0.15) is 35.6 Å². The van der Waals surface area contributed by atoms with Crippen molar-refractivity contribution in [3.05, 3.63) is 57.3 Å². The van der Waals surface area contributed by atoms with Crippen molar-refractivity contribution in [1.82, 2.24) is 9.97 Å². The first kappa shape index (κ1) is 15.3. The highest BCUT2D eigenvalue weighted by Gasteiger charge is 2.06. The maximum atomic E-state index is 11.6. The van der Waals surface area contributed by atoms with Crippen LogP contribution >= 0.6 is 0 Å². The average molecular weight is 287 g/mol. The highest BCUT2D eigenvalue weighted by Crippen LogP contribution is 2.20. The third-order valence-electron chi connectivity index (χ3n) is 3.43. The molecular weight excluding hydrogens is 266 g/mol. The minimum atomic E-state index is -0.258. The van der Waals surface area contributed by atoms with E-state index < -0.39 is 0 Å². The summed E-state index contributed by atoms with van der Waals surface area (Å²) >= 11 is 0. The predicted molar refractivity (Wildman–Crippen MR) is 82.6 cm³/mol. The molecule has 5 nitrogen and oxygen atoms in total. The fraction of sp³-hybridized carbons (Fsp3) is 0.375. The van der Waals surface area contributed by atoms with Crippen LogP contribution in [0.4, 0.5) is 0 Å². The van der Waals surface area contributed by atoms with Crippen molar-refractivity contribution in [2.75, 3.05) is 6.61 Å². The van der Waals surface area contributed by atoms with Crippen LogP contribution in [0.15, 0.2) is 29.1 Å². The zero-order chi connectivity index (χ0) is 15.4. The summed E-state index contributed by atoms with van der Waals surface area (Å²) in [5, 5.41) is 0. The molecule has 0 saturated carbocycles. The van der Waals surface area contributed by atoms with Gasteiger partial charge in [0.25, 0.3) is 5.56 Å². The van der Waals surface area contributed by atoms with Crippen LogP contribution in [-0.4, -0.2) is 16.6 Å². The Morgan fingerprint density at radius 3 is 2.86 bits per heavy atom. The molecule has 21 heavy (non-hydrogen) atoms. The number of ether oxygens (including phenoxy) is 1. The molecule has 2 rings (SSSR count). The number of nitrogens with zero attached hydrogens (tertiary/aromatic N) is 1. The predicted octanol–water partition coefficient (Wildman–Crippen LogP) is 2.03. The number of nitrogens with two attached hydrogens (primary N) is 1. The van der Waals surface area contributed by atoms with Gasteiger partial charge in [-0.3, -0.25) is 4.79 Å². The van der Waals surface area contributed by atoms with Crippen LogP contribution in [0.5, 0.6) is 5.75 Å². The molecule has 0 bridgehead atoms. The Kier molecular flexibility index (Phi) is 4.75. The van der Waals surface area contributed by atoms with Gasteiger partial charge in [0.05, 0.1) is 12.3 Å². The zero-order valence-electron chi connectivity index (χ0n) is 12.6. The molecule has 0 aliphatic carbocycles. The standard InChI is InChI=1S/C16H21N3O2/c1-10-5-4-6-14(11(10)2)21-8-7-15-18-13(12(3)17)9-16(20)19-15/h4-6,9,12H,7-8,17H2,1-3H3,(H,18,19,20). The summed E-state index contributed by atoms with van der Waals surface area (Å²) in [7, 11) is 0. The van der Waals surface area contributed by atoms with Gasteiger partial charge in [-0.05, 0) is 38.0 Å². The minimum absolute atomic E-state index is 0.181. The molecule has 0 fully saturated rings. The van der Waals surface area contributed by atoms with Crippen LogP contribution in [0.2, 0.25) is 0 Å². The molecule has 1 aromatic carbocycles. The van der Waals surface area contributed by atoms with E-state index in [0.29, 0.717) is 24.5 Å². The van der Waals surface area contributed by atoms with Gasteiger partial charge in [0.2, 0.25) is 0 Å². The molecule has 0 spiro atoms. The molecule has 2 aromatic rings. The van der Waals surface area contributed by atoms with E-state index in [-0.39, 0.29) is 11.6 Å². The molecule has 3 N–H and O–H groups in total. The monoisotopic (exact) mass is 287 g/mol. The Balaban J connectivity index is 2.04. The number of benzene rings is 1. The number of aromatic amines is 1. The summed E-state index contributed by atoms with van der Waals surface area (Å²) in [6, 6.07) is 7.13. The second-order valence-corrected chi connectivity index (χ2v) is 5.20. The van der Waals surface area contributed by atoms with Gasteiger partial charge in [0.15, 0.2) is 0 Å². The molecule has 1 aromatic heterocycles. The Morgan fingerprint density at radius 1 is 1.38 bits per heavy atom. The van der Waals surface area contributed by atoms with E-state index in [0.717, 1.165) is 11.3 Å². The molecule has 0 aliphatic rings. The fourth-order valence-corrected chi connectivity index (χ4v) is 2.02.